The largest absolute Gasteiger partial charge is 0.390 e. The summed E-state index contributed by atoms with van der Waals surface area (Å²) < 4.78 is 0. The molecule has 1 aliphatic heterocycles. The number of nitrogens with zero attached hydrogens (tertiary/aromatic N) is 3. The minimum absolute atomic E-state index is 0.593. The van der Waals surface area contributed by atoms with Crippen LogP contribution in [0.2, 0.25) is 0 Å². The Morgan fingerprint density at radius 3 is 2.27 bits per heavy atom. The average molecular weight is 354 g/mol. The zero-order valence-electron chi connectivity index (χ0n) is 16.3. The average Bonchev–Trinajstić information content (AvgIpc) is 2.62. The molecule has 2 heterocycles. The Kier molecular flexibility index (Phi) is 5.94. The Morgan fingerprint density at radius 1 is 1.00 bits per heavy atom. The van der Waals surface area contributed by atoms with Crippen LogP contribution in [-0.2, 0) is 13.0 Å². The molecular weight excluding hydrogens is 322 g/mol. The molecule has 0 amide bonds. The fourth-order valence-electron chi connectivity index (χ4n) is 3.45. The quantitative estimate of drug-likeness (QED) is 0.864. The number of hydrogen-bond acceptors (Lipinski definition) is 4. The van der Waals surface area contributed by atoms with Crippen LogP contribution in [0.25, 0.3) is 0 Å². The summed E-state index contributed by atoms with van der Waals surface area (Å²) in [6, 6.07) is 13.0. The number of anilines is 1. The maximum absolute atomic E-state index is 9.86. The van der Waals surface area contributed by atoms with Gasteiger partial charge in [0.05, 0.1) is 5.60 Å². The van der Waals surface area contributed by atoms with Gasteiger partial charge in [-0.3, -0.25) is 4.90 Å². The molecule has 0 unspecified atom stereocenters. The van der Waals surface area contributed by atoms with Gasteiger partial charge in [-0.15, -0.1) is 0 Å². The van der Waals surface area contributed by atoms with E-state index in [0.717, 1.165) is 51.4 Å². The Bertz CT molecular complexity index is 698. The number of benzene rings is 1. The number of rotatable bonds is 6. The Labute approximate surface area is 157 Å². The first-order valence-electron chi connectivity index (χ1n) is 9.60. The molecule has 1 saturated heterocycles. The topological polar surface area (TPSA) is 39.6 Å². The number of hydrogen-bond donors (Lipinski definition) is 1. The van der Waals surface area contributed by atoms with Gasteiger partial charge in [0.2, 0.25) is 0 Å². The van der Waals surface area contributed by atoms with Gasteiger partial charge in [0.1, 0.15) is 5.82 Å². The van der Waals surface area contributed by atoms with Crippen LogP contribution < -0.4 is 4.90 Å². The van der Waals surface area contributed by atoms with Gasteiger partial charge in [-0.05, 0) is 56.4 Å². The summed E-state index contributed by atoms with van der Waals surface area (Å²) in [5, 5.41) is 9.86. The second kappa shape index (κ2) is 8.19. The molecule has 0 saturated carbocycles. The summed E-state index contributed by atoms with van der Waals surface area (Å²) in [6.45, 7) is 11.1. The van der Waals surface area contributed by atoms with Crippen LogP contribution in [0.3, 0.4) is 0 Å². The maximum Gasteiger partial charge on any atom is 0.131 e. The van der Waals surface area contributed by atoms with Crippen molar-refractivity contribution in [2.75, 3.05) is 31.1 Å². The van der Waals surface area contributed by atoms with Crippen molar-refractivity contribution in [3.8, 4) is 0 Å². The fraction of sp³-hybridized carbons (Fsp3) is 0.500. The lowest BCUT2D eigenvalue weighted by Crippen LogP contribution is -2.46. The molecule has 1 aromatic heterocycles. The summed E-state index contributed by atoms with van der Waals surface area (Å²) >= 11 is 0. The van der Waals surface area contributed by atoms with E-state index in [0.29, 0.717) is 0 Å². The zero-order valence-corrected chi connectivity index (χ0v) is 16.3. The van der Waals surface area contributed by atoms with Crippen LogP contribution in [0, 0.1) is 6.92 Å². The molecule has 3 rings (SSSR count). The van der Waals surface area contributed by atoms with Gasteiger partial charge < -0.3 is 10.0 Å². The summed E-state index contributed by atoms with van der Waals surface area (Å²) in [6.07, 6.45) is 3.60. The first-order chi connectivity index (χ1) is 12.4. The minimum atomic E-state index is -0.593. The molecule has 1 aromatic carbocycles. The van der Waals surface area contributed by atoms with Crippen molar-refractivity contribution in [1.29, 1.82) is 0 Å². The van der Waals surface area contributed by atoms with Gasteiger partial charge in [0, 0.05) is 38.9 Å². The lowest BCUT2D eigenvalue weighted by molar-refractivity contribution is 0.0714. The van der Waals surface area contributed by atoms with Crippen LogP contribution in [-0.4, -0.2) is 46.8 Å². The van der Waals surface area contributed by atoms with Crippen molar-refractivity contribution in [1.82, 2.24) is 9.88 Å². The summed E-state index contributed by atoms with van der Waals surface area (Å²) in [7, 11) is 0. The molecule has 1 aliphatic rings. The molecule has 0 aliphatic carbocycles. The number of piperazine rings is 1. The first-order valence-corrected chi connectivity index (χ1v) is 9.60. The Hall–Kier alpha value is -1.91. The summed E-state index contributed by atoms with van der Waals surface area (Å²) in [5.41, 5.74) is 3.32. The van der Waals surface area contributed by atoms with E-state index in [2.05, 4.69) is 52.0 Å². The molecule has 0 radical (unpaired) electrons. The van der Waals surface area contributed by atoms with Crippen LogP contribution >= 0.6 is 0 Å². The molecule has 2 aromatic rings. The van der Waals surface area contributed by atoms with Crippen molar-refractivity contribution in [2.24, 2.45) is 0 Å². The predicted octanol–water partition coefficient (Wildman–Crippen LogP) is 3.42. The minimum Gasteiger partial charge on any atom is -0.390 e. The van der Waals surface area contributed by atoms with E-state index in [1.54, 1.807) is 0 Å². The second-order valence-electron chi connectivity index (χ2n) is 8.04. The van der Waals surface area contributed by atoms with E-state index < -0.39 is 5.60 Å². The van der Waals surface area contributed by atoms with Crippen LogP contribution in [0.5, 0.6) is 0 Å². The van der Waals surface area contributed by atoms with E-state index in [9.17, 15) is 5.11 Å². The molecule has 140 valence electrons. The van der Waals surface area contributed by atoms with Gasteiger partial charge in [-0.2, -0.15) is 0 Å². The highest BCUT2D eigenvalue weighted by Crippen LogP contribution is 2.19. The van der Waals surface area contributed by atoms with Crippen molar-refractivity contribution < 1.29 is 5.11 Å². The third-order valence-corrected chi connectivity index (χ3v) is 5.11. The first kappa shape index (κ1) is 18.9. The number of aryl methyl sites for hydroxylation is 2. The lowest BCUT2D eigenvalue weighted by Gasteiger charge is -2.36. The van der Waals surface area contributed by atoms with E-state index >= 15 is 0 Å². The highest BCUT2D eigenvalue weighted by Gasteiger charge is 2.19. The maximum atomic E-state index is 9.86. The molecule has 1 fully saturated rings. The SMILES string of the molecule is Cc1cccnc1N1CCN(Cc2ccc(CCC(C)(C)O)cc2)CC1. The normalized spacial score (nSPS) is 16.1. The third-order valence-electron chi connectivity index (χ3n) is 5.11. The van der Waals surface area contributed by atoms with Gasteiger partial charge in [-0.1, -0.05) is 30.3 Å². The van der Waals surface area contributed by atoms with Gasteiger partial charge >= 0.3 is 0 Å². The van der Waals surface area contributed by atoms with Crippen molar-refractivity contribution in [3.05, 3.63) is 59.3 Å². The predicted molar refractivity (Wildman–Crippen MR) is 108 cm³/mol. The van der Waals surface area contributed by atoms with E-state index in [1.807, 2.05) is 26.1 Å². The summed E-state index contributed by atoms with van der Waals surface area (Å²) in [5.74, 6) is 1.13. The third kappa shape index (κ3) is 5.29. The Balaban J connectivity index is 1.49. The van der Waals surface area contributed by atoms with E-state index in [4.69, 9.17) is 0 Å². The lowest BCUT2D eigenvalue weighted by atomic mass is 9.98. The van der Waals surface area contributed by atoms with Crippen molar-refractivity contribution in [2.45, 2.75) is 45.8 Å². The van der Waals surface area contributed by atoms with Crippen LogP contribution in [0.4, 0.5) is 5.82 Å². The van der Waals surface area contributed by atoms with Gasteiger partial charge in [-0.25, -0.2) is 4.98 Å². The van der Waals surface area contributed by atoms with Gasteiger partial charge in [0.15, 0.2) is 0 Å². The number of aromatic nitrogens is 1. The fourth-order valence-corrected chi connectivity index (χ4v) is 3.45. The van der Waals surface area contributed by atoms with Gasteiger partial charge in [0.25, 0.3) is 0 Å². The Morgan fingerprint density at radius 2 is 1.65 bits per heavy atom. The molecule has 0 atom stereocenters. The van der Waals surface area contributed by atoms with Crippen molar-refractivity contribution >= 4 is 5.82 Å². The number of aliphatic hydroxyl groups is 1. The van der Waals surface area contributed by atoms with E-state index in [1.165, 1.54) is 16.7 Å². The zero-order chi connectivity index (χ0) is 18.6. The molecule has 1 N–H and O–H groups in total. The highest BCUT2D eigenvalue weighted by atomic mass is 16.3. The number of pyridine rings is 1. The molecule has 4 heteroatoms. The van der Waals surface area contributed by atoms with Crippen molar-refractivity contribution in [3.63, 3.8) is 0 Å². The van der Waals surface area contributed by atoms with E-state index in [-0.39, 0.29) is 0 Å². The highest BCUT2D eigenvalue weighted by molar-refractivity contribution is 5.46. The van der Waals surface area contributed by atoms with Crippen LogP contribution in [0.1, 0.15) is 37.0 Å². The smallest absolute Gasteiger partial charge is 0.131 e. The molecule has 0 bridgehead atoms. The monoisotopic (exact) mass is 353 g/mol. The molecule has 0 spiro atoms. The molecular formula is C22H31N3O. The molecule has 26 heavy (non-hydrogen) atoms. The molecule has 4 nitrogen and oxygen atoms in total. The second-order valence-corrected chi connectivity index (χ2v) is 8.04. The summed E-state index contributed by atoms with van der Waals surface area (Å²) in [4.78, 5) is 9.45. The van der Waals surface area contributed by atoms with Crippen LogP contribution in [0.15, 0.2) is 42.6 Å². The standard InChI is InChI=1S/C22H31N3O/c1-18-5-4-12-23-21(18)25-15-13-24(14-16-25)17-20-8-6-19(7-9-20)10-11-22(2,3)26/h4-9,12,26H,10-11,13-17H2,1-3H3.